The molecule has 0 aliphatic carbocycles. The number of rotatable bonds is 10. The normalized spacial score (nSPS) is 12.3. The van der Waals surface area contributed by atoms with Gasteiger partial charge in [0.2, 0.25) is 11.8 Å². The average molecular weight is 646 g/mol. The van der Waals surface area contributed by atoms with Gasteiger partial charge in [-0.25, -0.2) is 0 Å². The van der Waals surface area contributed by atoms with Crippen molar-refractivity contribution >= 4 is 49.1 Å². The minimum atomic E-state index is -2.47. The van der Waals surface area contributed by atoms with Gasteiger partial charge in [-0.3, -0.25) is 9.59 Å². The summed E-state index contributed by atoms with van der Waals surface area (Å²) in [5.74, 6) is -1.10. The van der Waals surface area contributed by atoms with E-state index in [1.54, 1.807) is 0 Å². The van der Waals surface area contributed by atoms with E-state index in [2.05, 4.69) is 95.2 Å². The van der Waals surface area contributed by atoms with Crippen molar-refractivity contribution in [3.05, 3.63) is 35.4 Å². The van der Waals surface area contributed by atoms with E-state index in [-0.39, 0.29) is 46.5 Å². The molecule has 0 heterocycles. The number of benzene rings is 2. The first-order chi connectivity index (χ1) is 16.5. The number of carbonyl (C=O) groups is 2. The maximum absolute atomic E-state index is 13.5. The first-order valence-electron chi connectivity index (χ1n) is 13.7. The van der Waals surface area contributed by atoms with Gasteiger partial charge in [0, 0.05) is 0 Å². The minimum absolute atomic E-state index is 0. The Kier molecular flexibility index (Phi) is 15.6. The molecule has 0 aliphatic rings. The van der Waals surface area contributed by atoms with E-state index in [1.165, 1.54) is 5.19 Å². The van der Waals surface area contributed by atoms with Gasteiger partial charge in [0.05, 0.1) is 27.3 Å². The van der Waals surface area contributed by atoms with Crippen molar-refractivity contribution in [2.75, 3.05) is 0 Å². The Balaban J connectivity index is 0. The number of hydrogen-bond donors (Lipinski definition) is 2. The Morgan fingerprint density at radius 3 is 1.10 bits per heavy atom. The van der Waals surface area contributed by atoms with Gasteiger partial charge < -0.3 is 36.3 Å². The van der Waals surface area contributed by atoms with E-state index in [1.807, 2.05) is 12.1 Å². The summed E-state index contributed by atoms with van der Waals surface area (Å²) in [7, 11) is -4.79. The molecule has 2 amide bonds. The molecule has 39 heavy (non-hydrogen) atoms. The van der Waals surface area contributed by atoms with Crippen LogP contribution in [-0.2, 0) is 21.7 Å². The van der Waals surface area contributed by atoms with Crippen molar-refractivity contribution in [2.45, 2.75) is 116 Å². The summed E-state index contributed by atoms with van der Waals surface area (Å²) in [6.07, 6.45) is 0. The summed E-state index contributed by atoms with van der Waals surface area (Å²) >= 11 is 0. The molecule has 0 saturated carbocycles. The predicted molar refractivity (Wildman–Crippen MR) is 162 cm³/mol. The standard InChI is InChI=1S/C30H50N2O2Si2.2ClH.Ti/c1-17(2)35(18(3)4,19(5)6)27-24-16-14-13-15-23(24)25(29(31)33)26(30(32)34)28(27)36(20(7)8,21(9)10)22(11)12;;;/h13-22H,1-12H3,(H2,31,33)(H2,32,34);2*1H;/q;;;+2/p-2. The van der Waals surface area contributed by atoms with Crippen molar-refractivity contribution in [2.24, 2.45) is 11.5 Å². The molecule has 4 N–H and O–H groups in total. The van der Waals surface area contributed by atoms with Gasteiger partial charge in [-0.2, -0.15) is 0 Å². The Bertz CT molecular complexity index is 1110. The van der Waals surface area contributed by atoms with Crippen molar-refractivity contribution in [3.63, 3.8) is 0 Å². The number of carbonyl (C=O) groups excluding carboxylic acids is 2. The molecule has 2 aromatic rings. The van der Waals surface area contributed by atoms with Crippen LogP contribution in [0.25, 0.3) is 10.8 Å². The van der Waals surface area contributed by atoms with Crippen LogP contribution in [0.3, 0.4) is 0 Å². The van der Waals surface area contributed by atoms with E-state index in [0.717, 1.165) is 16.0 Å². The van der Waals surface area contributed by atoms with Crippen molar-refractivity contribution in [1.29, 1.82) is 0 Å². The van der Waals surface area contributed by atoms with E-state index in [0.29, 0.717) is 44.4 Å². The minimum Gasteiger partial charge on any atom is -1.00 e. The summed E-state index contributed by atoms with van der Waals surface area (Å²) < 4.78 is 0. The maximum Gasteiger partial charge on any atom is 2.00 e. The van der Waals surface area contributed by atoms with Crippen LogP contribution in [0.1, 0.15) is 104 Å². The molecule has 9 heteroatoms. The van der Waals surface area contributed by atoms with Crippen LogP contribution in [0.4, 0.5) is 0 Å². The van der Waals surface area contributed by atoms with Crippen LogP contribution in [-0.4, -0.2) is 28.0 Å². The third-order valence-corrected chi connectivity index (χ3v) is 23.8. The van der Waals surface area contributed by atoms with Gasteiger partial charge in [-0.1, -0.05) is 113 Å². The Hall–Kier alpha value is -0.632. The van der Waals surface area contributed by atoms with Crippen LogP contribution in [0.15, 0.2) is 24.3 Å². The van der Waals surface area contributed by atoms with Gasteiger partial charge in [-0.15, -0.1) is 0 Å². The van der Waals surface area contributed by atoms with Crippen LogP contribution >= 0.6 is 0 Å². The van der Waals surface area contributed by atoms with Crippen LogP contribution in [0.5, 0.6) is 0 Å². The Morgan fingerprint density at radius 1 is 0.538 bits per heavy atom. The van der Waals surface area contributed by atoms with E-state index >= 15 is 0 Å². The van der Waals surface area contributed by atoms with Gasteiger partial charge in [0.1, 0.15) is 0 Å². The quantitative estimate of drug-likeness (QED) is 0.375. The molecule has 4 nitrogen and oxygen atoms in total. The van der Waals surface area contributed by atoms with Crippen LogP contribution in [0.2, 0.25) is 33.2 Å². The van der Waals surface area contributed by atoms with Crippen molar-refractivity contribution in [3.8, 4) is 0 Å². The Morgan fingerprint density at radius 2 is 0.821 bits per heavy atom. The topological polar surface area (TPSA) is 86.2 Å². The van der Waals surface area contributed by atoms with Crippen LogP contribution < -0.4 is 46.7 Å². The molecule has 0 radical (unpaired) electrons. The van der Waals surface area contributed by atoms with Gasteiger partial charge in [0.15, 0.2) is 0 Å². The fourth-order valence-electron chi connectivity index (χ4n) is 8.56. The fourth-order valence-corrected chi connectivity index (χ4v) is 23.8. The maximum atomic E-state index is 13.5. The summed E-state index contributed by atoms with van der Waals surface area (Å²) in [6.45, 7) is 28.0. The monoisotopic (exact) mass is 644 g/mol. The second-order valence-electron chi connectivity index (χ2n) is 12.6. The summed E-state index contributed by atoms with van der Waals surface area (Å²) in [6, 6.07) is 8.12. The first kappa shape index (κ1) is 40.5. The number of hydrogen-bond acceptors (Lipinski definition) is 2. The predicted octanol–water partition coefficient (Wildman–Crippen LogP) is 0.815. The summed E-state index contributed by atoms with van der Waals surface area (Å²) in [5.41, 5.74) is 15.4. The smallest absolute Gasteiger partial charge is 1.00 e. The third-order valence-electron chi connectivity index (χ3n) is 9.31. The fraction of sp³-hybridized carbons (Fsp3) is 0.600. The summed E-state index contributed by atoms with van der Waals surface area (Å²) in [5, 5.41) is 4.40. The van der Waals surface area contributed by atoms with Gasteiger partial charge in [0.25, 0.3) is 0 Å². The molecule has 0 aromatic heterocycles. The molecular formula is C30H50Cl2N2O2Si2Ti. The van der Waals surface area contributed by atoms with Crippen molar-refractivity contribution < 1.29 is 56.1 Å². The Labute approximate surface area is 266 Å². The van der Waals surface area contributed by atoms with Crippen molar-refractivity contribution in [1.82, 2.24) is 0 Å². The zero-order valence-electron chi connectivity index (χ0n) is 26.0. The van der Waals surface area contributed by atoms with E-state index < -0.39 is 28.0 Å². The molecule has 0 fully saturated rings. The molecule has 218 valence electrons. The van der Waals surface area contributed by atoms with Crippen LogP contribution in [0, 0.1) is 0 Å². The molecule has 0 atom stereocenters. The number of fused-ring (bicyclic) bond motifs is 1. The number of nitrogens with two attached hydrogens (primary N) is 2. The molecule has 0 bridgehead atoms. The number of primary amides is 2. The van der Waals surface area contributed by atoms with E-state index in [9.17, 15) is 9.59 Å². The molecule has 0 saturated heterocycles. The third kappa shape index (κ3) is 6.27. The number of halogens is 2. The second-order valence-corrected chi connectivity index (χ2v) is 24.2. The first-order valence-corrected chi connectivity index (χ1v) is 18.2. The second kappa shape index (κ2) is 15.0. The zero-order chi connectivity index (χ0) is 27.9. The number of amides is 2. The molecule has 0 spiro atoms. The molecule has 2 rings (SSSR count). The molecule has 0 aliphatic heterocycles. The van der Waals surface area contributed by atoms with Gasteiger partial charge >= 0.3 is 21.7 Å². The zero-order valence-corrected chi connectivity index (χ0v) is 31.1. The summed E-state index contributed by atoms with van der Waals surface area (Å²) in [4.78, 5) is 26.7. The molecule has 0 unspecified atom stereocenters. The van der Waals surface area contributed by atoms with E-state index in [4.69, 9.17) is 11.5 Å². The van der Waals surface area contributed by atoms with Gasteiger partial charge in [-0.05, 0) is 49.2 Å². The molecule has 2 aromatic carbocycles. The largest absolute Gasteiger partial charge is 2.00 e. The SMILES string of the molecule is CC(C)[Si](c1c(C(N)=O)c(C(N)=O)c2ccccc2c1[Si](C(C)C)(C(C)C)C(C)C)(C(C)C)C(C)C.[Cl-].[Cl-].[Ti+2]. The average Bonchev–Trinajstić information content (AvgIpc) is 2.72. The molecular weight excluding hydrogens is 595 g/mol.